The molecule has 0 N–H and O–H groups in total. The Kier molecular flexibility index (Phi) is 5.39. The Hall–Kier alpha value is -1.64. The van der Waals surface area contributed by atoms with Crippen molar-refractivity contribution in [3.05, 3.63) is 39.0 Å². The first kappa shape index (κ1) is 18.7. The third-order valence-electron chi connectivity index (χ3n) is 5.09. The van der Waals surface area contributed by atoms with Crippen molar-refractivity contribution < 1.29 is 4.74 Å². The second-order valence-corrected chi connectivity index (χ2v) is 9.00. The van der Waals surface area contributed by atoms with E-state index in [0.717, 1.165) is 52.6 Å². The maximum atomic E-state index is 13.4. The minimum Gasteiger partial charge on any atom is -0.376 e. The standard InChI is InChI=1S/C19H24N4O2S2/c1-4-14-12(2)27-17-16(14)18(24)23(10-13-6-5-9-25-13)19(21-17)26-11-15-20-7-8-22(15)3/h7-8,13H,4-6,9-11H2,1-3H3. The monoisotopic (exact) mass is 404 g/mol. The zero-order chi connectivity index (χ0) is 19.0. The predicted octanol–water partition coefficient (Wildman–Crippen LogP) is 3.53. The van der Waals surface area contributed by atoms with E-state index in [9.17, 15) is 4.79 Å². The van der Waals surface area contributed by atoms with Crippen LogP contribution in [0.1, 0.15) is 36.0 Å². The van der Waals surface area contributed by atoms with Crippen LogP contribution in [0.15, 0.2) is 22.3 Å². The van der Waals surface area contributed by atoms with Crippen molar-refractivity contribution in [3.8, 4) is 0 Å². The van der Waals surface area contributed by atoms with Gasteiger partial charge in [0.05, 0.1) is 23.8 Å². The van der Waals surface area contributed by atoms with E-state index in [1.165, 1.54) is 4.88 Å². The smallest absolute Gasteiger partial charge is 0.263 e. The van der Waals surface area contributed by atoms with Crippen LogP contribution in [0.5, 0.6) is 0 Å². The molecule has 0 bridgehead atoms. The van der Waals surface area contributed by atoms with Gasteiger partial charge in [-0.25, -0.2) is 9.97 Å². The number of nitrogens with zero attached hydrogens (tertiary/aromatic N) is 4. The van der Waals surface area contributed by atoms with E-state index in [1.54, 1.807) is 29.3 Å². The summed E-state index contributed by atoms with van der Waals surface area (Å²) in [7, 11) is 1.98. The van der Waals surface area contributed by atoms with Gasteiger partial charge >= 0.3 is 0 Å². The zero-order valence-electron chi connectivity index (χ0n) is 15.9. The Morgan fingerprint density at radius 3 is 2.96 bits per heavy atom. The number of ether oxygens (including phenoxy) is 1. The van der Waals surface area contributed by atoms with Gasteiger partial charge in [-0.3, -0.25) is 9.36 Å². The first-order valence-electron chi connectivity index (χ1n) is 9.32. The van der Waals surface area contributed by atoms with Crippen molar-refractivity contribution in [2.45, 2.75) is 56.7 Å². The van der Waals surface area contributed by atoms with E-state index in [0.29, 0.717) is 12.3 Å². The summed E-state index contributed by atoms with van der Waals surface area (Å²) in [6.07, 6.45) is 6.73. The van der Waals surface area contributed by atoms with Crippen LogP contribution in [-0.4, -0.2) is 31.8 Å². The van der Waals surface area contributed by atoms with Crippen LogP contribution in [0.2, 0.25) is 0 Å². The molecule has 3 aromatic heterocycles. The van der Waals surface area contributed by atoms with Gasteiger partial charge in [0, 0.05) is 30.9 Å². The van der Waals surface area contributed by atoms with E-state index < -0.39 is 0 Å². The van der Waals surface area contributed by atoms with Gasteiger partial charge in [0.25, 0.3) is 5.56 Å². The van der Waals surface area contributed by atoms with Crippen LogP contribution in [0, 0.1) is 6.92 Å². The van der Waals surface area contributed by atoms with Crippen LogP contribution in [-0.2, 0) is 30.5 Å². The molecule has 4 rings (SSSR count). The van der Waals surface area contributed by atoms with Crippen molar-refractivity contribution in [1.29, 1.82) is 0 Å². The molecule has 4 heterocycles. The fourth-order valence-electron chi connectivity index (χ4n) is 3.58. The average Bonchev–Trinajstić information content (AvgIpc) is 3.36. The molecule has 0 aromatic carbocycles. The molecule has 0 saturated carbocycles. The molecule has 1 fully saturated rings. The number of hydrogen-bond acceptors (Lipinski definition) is 6. The minimum absolute atomic E-state index is 0.0686. The maximum absolute atomic E-state index is 13.4. The second kappa shape index (κ2) is 7.77. The number of rotatable bonds is 6. The molecular formula is C19H24N4O2S2. The highest BCUT2D eigenvalue weighted by atomic mass is 32.2. The van der Waals surface area contributed by atoms with Crippen molar-refractivity contribution in [1.82, 2.24) is 19.1 Å². The third-order valence-corrected chi connectivity index (χ3v) is 7.11. The molecular weight excluding hydrogens is 380 g/mol. The highest BCUT2D eigenvalue weighted by molar-refractivity contribution is 7.98. The van der Waals surface area contributed by atoms with Crippen LogP contribution in [0.3, 0.4) is 0 Å². The molecule has 1 unspecified atom stereocenters. The molecule has 1 atom stereocenters. The third kappa shape index (κ3) is 3.58. The summed E-state index contributed by atoms with van der Waals surface area (Å²) in [6, 6.07) is 0. The van der Waals surface area contributed by atoms with E-state index >= 15 is 0 Å². The molecule has 1 aliphatic heterocycles. The molecule has 0 amide bonds. The van der Waals surface area contributed by atoms with Gasteiger partial charge < -0.3 is 9.30 Å². The first-order chi connectivity index (χ1) is 13.1. The van der Waals surface area contributed by atoms with E-state index in [4.69, 9.17) is 9.72 Å². The Morgan fingerprint density at radius 1 is 1.44 bits per heavy atom. The quantitative estimate of drug-likeness (QED) is 0.465. The number of thioether (sulfide) groups is 1. The molecule has 144 valence electrons. The van der Waals surface area contributed by atoms with Gasteiger partial charge in [0.2, 0.25) is 0 Å². The molecule has 0 radical (unpaired) electrons. The SMILES string of the molecule is CCc1c(C)sc2nc(SCc3nccn3C)n(CC3CCCO3)c(=O)c12. The largest absolute Gasteiger partial charge is 0.376 e. The fraction of sp³-hybridized carbons (Fsp3) is 0.526. The van der Waals surface area contributed by atoms with Gasteiger partial charge in [0.1, 0.15) is 10.7 Å². The van der Waals surface area contributed by atoms with Crippen LogP contribution < -0.4 is 5.56 Å². The summed E-state index contributed by atoms with van der Waals surface area (Å²) >= 11 is 3.19. The summed E-state index contributed by atoms with van der Waals surface area (Å²) < 4.78 is 9.63. The van der Waals surface area contributed by atoms with Crippen molar-refractivity contribution in [3.63, 3.8) is 0 Å². The van der Waals surface area contributed by atoms with Crippen LogP contribution in [0.25, 0.3) is 10.2 Å². The van der Waals surface area contributed by atoms with Gasteiger partial charge in [-0.05, 0) is 31.7 Å². The summed E-state index contributed by atoms with van der Waals surface area (Å²) in [5.41, 5.74) is 1.20. The molecule has 27 heavy (non-hydrogen) atoms. The number of imidazole rings is 1. The van der Waals surface area contributed by atoms with Crippen LogP contribution in [0.4, 0.5) is 0 Å². The van der Waals surface area contributed by atoms with Crippen molar-refractivity contribution >= 4 is 33.3 Å². The van der Waals surface area contributed by atoms with Crippen molar-refractivity contribution in [2.24, 2.45) is 7.05 Å². The number of aryl methyl sites for hydroxylation is 3. The lowest BCUT2D eigenvalue weighted by Gasteiger charge is -2.16. The average molecular weight is 405 g/mol. The molecule has 1 aliphatic rings. The Labute approximate surface area is 166 Å². The number of aromatic nitrogens is 4. The Bertz CT molecular complexity index is 1010. The summed E-state index contributed by atoms with van der Waals surface area (Å²) in [5, 5.41) is 1.55. The van der Waals surface area contributed by atoms with Crippen LogP contribution >= 0.6 is 23.1 Å². The van der Waals surface area contributed by atoms with Crippen molar-refractivity contribution in [2.75, 3.05) is 6.61 Å². The lowest BCUT2D eigenvalue weighted by atomic mass is 10.1. The molecule has 1 saturated heterocycles. The lowest BCUT2D eigenvalue weighted by Crippen LogP contribution is -2.29. The van der Waals surface area contributed by atoms with E-state index in [-0.39, 0.29) is 11.7 Å². The number of hydrogen-bond donors (Lipinski definition) is 0. The molecule has 6 nitrogen and oxygen atoms in total. The van der Waals surface area contributed by atoms with Gasteiger partial charge in [-0.2, -0.15) is 0 Å². The summed E-state index contributed by atoms with van der Waals surface area (Å²) in [4.78, 5) is 24.7. The maximum Gasteiger partial charge on any atom is 0.263 e. The minimum atomic E-state index is 0.0686. The molecule has 3 aromatic rings. The highest BCUT2D eigenvalue weighted by Gasteiger charge is 2.22. The van der Waals surface area contributed by atoms with Gasteiger partial charge in [-0.15, -0.1) is 11.3 Å². The zero-order valence-corrected chi connectivity index (χ0v) is 17.5. The number of fused-ring (bicyclic) bond motifs is 1. The van der Waals surface area contributed by atoms with Gasteiger partial charge in [0.15, 0.2) is 5.16 Å². The van der Waals surface area contributed by atoms with E-state index in [2.05, 4.69) is 18.8 Å². The van der Waals surface area contributed by atoms with E-state index in [1.807, 2.05) is 22.4 Å². The Morgan fingerprint density at radius 2 is 2.30 bits per heavy atom. The molecule has 0 spiro atoms. The topological polar surface area (TPSA) is 61.9 Å². The summed E-state index contributed by atoms with van der Waals surface area (Å²) in [5.74, 6) is 1.65. The Balaban J connectivity index is 1.77. The highest BCUT2D eigenvalue weighted by Crippen LogP contribution is 2.30. The van der Waals surface area contributed by atoms with Gasteiger partial charge in [-0.1, -0.05) is 18.7 Å². The molecule has 0 aliphatic carbocycles. The fourth-order valence-corrected chi connectivity index (χ4v) is 5.75. The summed E-state index contributed by atoms with van der Waals surface area (Å²) in [6.45, 7) is 5.53. The molecule has 8 heteroatoms. The number of thiophene rings is 1. The lowest BCUT2D eigenvalue weighted by molar-refractivity contribution is 0.0937. The second-order valence-electron chi connectivity index (χ2n) is 6.86. The first-order valence-corrected chi connectivity index (χ1v) is 11.1. The normalized spacial score (nSPS) is 17.2. The predicted molar refractivity (Wildman–Crippen MR) is 110 cm³/mol.